The van der Waals surface area contributed by atoms with Gasteiger partial charge >= 0.3 is 0 Å². The molecule has 0 radical (unpaired) electrons. The average Bonchev–Trinajstić information content (AvgIpc) is 2.74. The van der Waals surface area contributed by atoms with Gasteiger partial charge in [0.05, 0.1) is 19.8 Å². The molecule has 0 aromatic heterocycles. The number of quaternary nitrogens is 2. The van der Waals surface area contributed by atoms with Crippen LogP contribution in [-0.4, -0.2) is 59.2 Å². The maximum atomic E-state index is 5.79. The lowest BCUT2D eigenvalue weighted by Gasteiger charge is -2.29. The van der Waals surface area contributed by atoms with Gasteiger partial charge in [-0.2, -0.15) is 0 Å². The van der Waals surface area contributed by atoms with Crippen molar-refractivity contribution in [1.29, 1.82) is 0 Å². The van der Waals surface area contributed by atoms with Crippen molar-refractivity contribution in [3.05, 3.63) is 60.2 Å². The molecule has 2 aromatic rings. The van der Waals surface area contributed by atoms with Crippen LogP contribution in [0.1, 0.15) is 12.5 Å². The molecule has 1 saturated heterocycles. The Morgan fingerprint density at radius 2 is 1.36 bits per heavy atom. The summed E-state index contributed by atoms with van der Waals surface area (Å²) in [6, 6.07) is 18.6. The molecule has 1 fully saturated rings. The van der Waals surface area contributed by atoms with Crippen LogP contribution in [0.5, 0.6) is 11.5 Å². The maximum absolute atomic E-state index is 5.79. The van der Waals surface area contributed by atoms with Crippen molar-refractivity contribution < 1.29 is 24.0 Å². The first kappa shape index (κ1) is 20.6. The lowest BCUT2D eigenvalue weighted by molar-refractivity contribution is -1.02. The van der Waals surface area contributed by atoms with Crippen LogP contribution < -0.4 is 19.3 Å². The molecule has 0 unspecified atom stereocenters. The molecule has 0 amide bonds. The molecule has 0 saturated carbocycles. The van der Waals surface area contributed by atoms with Crippen molar-refractivity contribution in [2.45, 2.75) is 13.5 Å². The van der Waals surface area contributed by atoms with Gasteiger partial charge in [-0.05, 0) is 19.1 Å². The fraction of sp³-hybridized carbons (Fsp3) is 0.478. The topological polar surface area (TPSA) is 36.6 Å². The van der Waals surface area contributed by atoms with E-state index in [0.717, 1.165) is 31.2 Å². The second-order valence-corrected chi connectivity index (χ2v) is 7.25. The van der Waals surface area contributed by atoms with Crippen LogP contribution in [0.4, 0.5) is 0 Å². The van der Waals surface area contributed by atoms with Gasteiger partial charge in [0.15, 0.2) is 11.5 Å². The molecule has 2 aromatic carbocycles. The Hall–Kier alpha value is -2.08. The van der Waals surface area contributed by atoms with Gasteiger partial charge in [0.2, 0.25) is 0 Å². The largest absolute Gasteiger partial charge is 0.490 e. The second kappa shape index (κ2) is 11.7. The van der Waals surface area contributed by atoms with Gasteiger partial charge < -0.3 is 24.0 Å². The van der Waals surface area contributed by atoms with Crippen molar-refractivity contribution in [1.82, 2.24) is 0 Å². The summed E-state index contributed by atoms with van der Waals surface area (Å²) >= 11 is 0. The van der Waals surface area contributed by atoms with Crippen LogP contribution >= 0.6 is 0 Å². The third-order valence-corrected chi connectivity index (χ3v) is 5.20. The number of benzene rings is 2. The van der Waals surface area contributed by atoms with Gasteiger partial charge in [-0.15, -0.1) is 0 Å². The molecule has 0 aliphatic carbocycles. The summed E-state index contributed by atoms with van der Waals surface area (Å²) in [5.41, 5.74) is 1.44. The van der Waals surface area contributed by atoms with E-state index in [1.165, 1.54) is 31.7 Å². The summed E-state index contributed by atoms with van der Waals surface area (Å²) in [6.07, 6.45) is 0. The van der Waals surface area contributed by atoms with E-state index < -0.39 is 0 Å². The van der Waals surface area contributed by atoms with Crippen molar-refractivity contribution in [2.24, 2.45) is 0 Å². The van der Waals surface area contributed by atoms with Crippen LogP contribution in [0.2, 0.25) is 0 Å². The zero-order chi connectivity index (χ0) is 19.4. The minimum absolute atomic E-state index is 0.550. The van der Waals surface area contributed by atoms with Gasteiger partial charge in [0.25, 0.3) is 0 Å². The van der Waals surface area contributed by atoms with E-state index in [1.807, 2.05) is 31.2 Å². The SMILES string of the molecule is CCOc1ccccc1OCCOCC[NH+]1CC[NH+](Cc2ccccc2)CC1. The molecule has 1 aliphatic rings. The van der Waals surface area contributed by atoms with Crippen LogP contribution in [0, 0.1) is 0 Å². The third-order valence-electron chi connectivity index (χ3n) is 5.20. The van der Waals surface area contributed by atoms with Gasteiger partial charge in [-0.1, -0.05) is 42.5 Å². The van der Waals surface area contributed by atoms with Gasteiger partial charge in [-0.25, -0.2) is 0 Å². The minimum atomic E-state index is 0.550. The number of para-hydroxylation sites is 2. The van der Waals surface area contributed by atoms with E-state index in [2.05, 4.69) is 30.3 Å². The maximum Gasteiger partial charge on any atom is 0.161 e. The Morgan fingerprint density at radius 3 is 2.07 bits per heavy atom. The van der Waals surface area contributed by atoms with Crippen LogP contribution in [-0.2, 0) is 11.3 Å². The number of nitrogens with one attached hydrogen (secondary N) is 2. The first-order chi connectivity index (χ1) is 13.8. The molecule has 3 rings (SSSR count). The van der Waals surface area contributed by atoms with E-state index in [1.54, 1.807) is 9.80 Å². The van der Waals surface area contributed by atoms with E-state index in [0.29, 0.717) is 19.8 Å². The fourth-order valence-electron chi connectivity index (χ4n) is 3.64. The van der Waals surface area contributed by atoms with Gasteiger partial charge in [0, 0.05) is 5.56 Å². The Labute approximate surface area is 168 Å². The summed E-state index contributed by atoms with van der Waals surface area (Å²) in [5.74, 6) is 1.58. The number of rotatable bonds is 11. The van der Waals surface area contributed by atoms with Crippen LogP contribution in [0.25, 0.3) is 0 Å². The molecular weight excluding hydrogens is 352 g/mol. The number of ether oxygens (including phenoxy) is 3. The Balaban J connectivity index is 1.25. The first-order valence-electron chi connectivity index (χ1n) is 10.5. The summed E-state index contributed by atoms with van der Waals surface area (Å²) in [7, 11) is 0. The lowest BCUT2D eigenvalue weighted by Crippen LogP contribution is -3.27. The predicted molar refractivity (Wildman–Crippen MR) is 110 cm³/mol. The molecule has 0 atom stereocenters. The van der Waals surface area contributed by atoms with Crippen LogP contribution in [0.3, 0.4) is 0 Å². The quantitative estimate of drug-likeness (QED) is 0.551. The molecule has 2 N–H and O–H groups in total. The standard InChI is InChI=1S/C23H32N2O3/c1-2-27-22-10-6-7-11-23(22)28-19-18-26-17-16-24-12-14-25(15-13-24)20-21-8-4-3-5-9-21/h3-11H,2,12-20H2,1H3/p+2. The smallest absolute Gasteiger partial charge is 0.161 e. The third kappa shape index (κ3) is 6.82. The second-order valence-electron chi connectivity index (χ2n) is 7.25. The van der Waals surface area contributed by atoms with Crippen molar-refractivity contribution in [3.63, 3.8) is 0 Å². The van der Waals surface area contributed by atoms with Gasteiger partial charge in [-0.3, -0.25) is 0 Å². The molecular formula is C23H34N2O3+2. The monoisotopic (exact) mass is 386 g/mol. The Bertz CT molecular complexity index is 673. The highest BCUT2D eigenvalue weighted by molar-refractivity contribution is 5.39. The molecule has 0 spiro atoms. The summed E-state index contributed by atoms with van der Waals surface area (Å²) in [5, 5.41) is 0. The lowest BCUT2D eigenvalue weighted by atomic mass is 10.2. The number of hydrogen-bond donors (Lipinski definition) is 2. The van der Waals surface area contributed by atoms with Crippen molar-refractivity contribution >= 4 is 0 Å². The highest BCUT2D eigenvalue weighted by Crippen LogP contribution is 2.26. The fourth-order valence-corrected chi connectivity index (χ4v) is 3.64. The van der Waals surface area contributed by atoms with E-state index in [9.17, 15) is 0 Å². The van der Waals surface area contributed by atoms with Crippen molar-refractivity contribution in [2.75, 3.05) is 59.2 Å². The molecule has 152 valence electrons. The molecule has 28 heavy (non-hydrogen) atoms. The summed E-state index contributed by atoms with van der Waals surface area (Å²) in [4.78, 5) is 3.34. The molecule has 5 heteroatoms. The number of hydrogen-bond acceptors (Lipinski definition) is 3. The molecule has 1 aliphatic heterocycles. The average molecular weight is 387 g/mol. The van der Waals surface area contributed by atoms with E-state index >= 15 is 0 Å². The minimum Gasteiger partial charge on any atom is -0.490 e. The summed E-state index contributed by atoms with van der Waals surface area (Å²) in [6.45, 7) is 11.7. The van der Waals surface area contributed by atoms with Crippen LogP contribution in [0.15, 0.2) is 54.6 Å². The molecule has 0 bridgehead atoms. The zero-order valence-electron chi connectivity index (χ0n) is 17.0. The molecule has 1 heterocycles. The summed E-state index contributed by atoms with van der Waals surface area (Å²) < 4.78 is 17.1. The number of piperazine rings is 1. The predicted octanol–water partition coefficient (Wildman–Crippen LogP) is 0.464. The van der Waals surface area contributed by atoms with E-state index in [-0.39, 0.29) is 0 Å². The van der Waals surface area contributed by atoms with Crippen molar-refractivity contribution in [3.8, 4) is 11.5 Å². The Morgan fingerprint density at radius 1 is 0.714 bits per heavy atom. The highest BCUT2D eigenvalue weighted by atomic mass is 16.5. The highest BCUT2D eigenvalue weighted by Gasteiger charge is 2.22. The molecule has 5 nitrogen and oxygen atoms in total. The Kier molecular flexibility index (Phi) is 8.62. The van der Waals surface area contributed by atoms with E-state index in [4.69, 9.17) is 14.2 Å². The first-order valence-corrected chi connectivity index (χ1v) is 10.5. The zero-order valence-corrected chi connectivity index (χ0v) is 17.0. The normalized spacial score (nSPS) is 19.3. The van der Waals surface area contributed by atoms with Gasteiger partial charge in [0.1, 0.15) is 45.9 Å².